The van der Waals surface area contributed by atoms with Crippen molar-refractivity contribution in [2.75, 3.05) is 0 Å². The number of hydrogen-bond donors (Lipinski definition) is 0. The van der Waals surface area contributed by atoms with Gasteiger partial charge in [-0.25, -0.2) is 4.98 Å². The molecule has 4 nitrogen and oxygen atoms in total. The SMILES string of the molecule is Cn1c(-c2ccccc2)cc2c(=O)n3c(nc21)CCCC3. The van der Waals surface area contributed by atoms with Gasteiger partial charge in [0.05, 0.1) is 11.1 Å². The van der Waals surface area contributed by atoms with Crippen LogP contribution in [0.3, 0.4) is 0 Å². The molecule has 0 aliphatic carbocycles. The number of aryl methyl sites for hydroxylation is 2. The maximum atomic E-state index is 12.7. The molecule has 0 saturated heterocycles. The molecule has 4 heteroatoms. The van der Waals surface area contributed by atoms with E-state index in [0.717, 1.165) is 53.9 Å². The Kier molecular flexibility index (Phi) is 2.70. The molecule has 0 radical (unpaired) electrons. The van der Waals surface area contributed by atoms with Gasteiger partial charge < -0.3 is 4.57 Å². The molecule has 3 heterocycles. The van der Waals surface area contributed by atoms with Gasteiger partial charge in [0.2, 0.25) is 0 Å². The van der Waals surface area contributed by atoms with Gasteiger partial charge in [-0.05, 0) is 24.5 Å². The number of benzene rings is 1. The molecule has 0 amide bonds. The van der Waals surface area contributed by atoms with Gasteiger partial charge in [-0.15, -0.1) is 0 Å². The second-order valence-corrected chi connectivity index (χ2v) is 5.63. The Bertz CT molecular complexity index is 874. The lowest BCUT2D eigenvalue weighted by Crippen LogP contribution is -2.28. The Labute approximate surface area is 122 Å². The highest BCUT2D eigenvalue weighted by molar-refractivity contribution is 5.83. The van der Waals surface area contributed by atoms with E-state index in [0.29, 0.717) is 0 Å². The first-order chi connectivity index (χ1) is 10.3. The van der Waals surface area contributed by atoms with Crippen LogP contribution in [0, 0.1) is 0 Å². The van der Waals surface area contributed by atoms with E-state index in [9.17, 15) is 4.79 Å². The zero-order chi connectivity index (χ0) is 14.4. The molecule has 1 aliphatic heterocycles. The summed E-state index contributed by atoms with van der Waals surface area (Å²) >= 11 is 0. The summed E-state index contributed by atoms with van der Waals surface area (Å²) in [4.78, 5) is 17.4. The minimum absolute atomic E-state index is 0.104. The van der Waals surface area contributed by atoms with Crippen LogP contribution in [0.25, 0.3) is 22.3 Å². The normalized spacial score (nSPS) is 14.3. The van der Waals surface area contributed by atoms with Gasteiger partial charge in [0, 0.05) is 20.0 Å². The summed E-state index contributed by atoms with van der Waals surface area (Å²) in [5.41, 5.74) is 3.05. The molecule has 3 aromatic rings. The fraction of sp³-hybridized carbons (Fsp3) is 0.294. The third kappa shape index (κ3) is 1.82. The summed E-state index contributed by atoms with van der Waals surface area (Å²) in [5, 5.41) is 0.724. The predicted octanol–water partition coefficient (Wildman–Crippen LogP) is 2.74. The second kappa shape index (κ2) is 4.58. The van der Waals surface area contributed by atoms with E-state index in [-0.39, 0.29) is 5.56 Å². The number of hydrogen-bond acceptors (Lipinski definition) is 2. The second-order valence-electron chi connectivity index (χ2n) is 5.63. The van der Waals surface area contributed by atoms with Crippen molar-refractivity contribution < 1.29 is 0 Å². The molecule has 0 bridgehead atoms. The highest BCUT2D eigenvalue weighted by Crippen LogP contribution is 2.25. The van der Waals surface area contributed by atoms with Gasteiger partial charge in [0.25, 0.3) is 5.56 Å². The summed E-state index contributed by atoms with van der Waals surface area (Å²) in [5.74, 6) is 0.930. The molecule has 4 rings (SSSR count). The van der Waals surface area contributed by atoms with E-state index in [4.69, 9.17) is 4.98 Å². The molecular weight excluding hydrogens is 262 g/mol. The third-order valence-electron chi connectivity index (χ3n) is 4.32. The van der Waals surface area contributed by atoms with Crippen LogP contribution < -0.4 is 5.56 Å². The van der Waals surface area contributed by atoms with Gasteiger partial charge in [-0.2, -0.15) is 0 Å². The average Bonchev–Trinajstić information content (AvgIpc) is 2.86. The minimum Gasteiger partial charge on any atom is -0.328 e. The van der Waals surface area contributed by atoms with Crippen molar-refractivity contribution in [3.63, 3.8) is 0 Å². The lowest BCUT2D eigenvalue weighted by molar-refractivity contribution is 0.500. The summed E-state index contributed by atoms with van der Waals surface area (Å²) in [6.45, 7) is 0.798. The first-order valence-corrected chi connectivity index (χ1v) is 7.40. The van der Waals surface area contributed by atoms with Gasteiger partial charge in [-0.1, -0.05) is 30.3 Å². The maximum absolute atomic E-state index is 12.7. The van der Waals surface area contributed by atoms with E-state index in [1.807, 2.05) is 40.4 Å². The minimum atomic E-state index is 0.104. The van der Waals surface area contributed by atoms with Crippen LogP contribution in [0.4, 0.5) is 0 Å². The number of aromatic nitrogens is 3. The standard InChI is InChI=1S/C17H17N3O/c1-19-14(12-7-3-2-4-8-12)11-13-16(19)18-15-9-5-6-10-20(15)17(13)21/h2-4,7-8,11H,5-6,9-10H2,1H3. The fourth-order valence-electron chi connectivity index (χ4n) is 3.19. The lowest BCUT2D eigenvalue weighted by Gasteiger charge is -2.17. The van der Waals surface area contributed by atoms with Gasteiger partial charge in [-0.3, -0.25) is 9.36 Å². The van der Waals surface area contributed by atoms with E-state index in [1.54, 1.807) is 0 Å². The lowest BCUT2D eigenvalue weighted by atomic mass is 10.1. The smallest absolute Gasteiger partial charge is 0.263 e. The first-order valence-electron chi connectivity index (χ1n) is 7.40. The molecule has 1 aliphatic rings. The van der Waals surface area contributed by atoms with Crippen LogP contribution >= 0.6 is 0 Å². The van der Waals surface area contributed by atoms with Crippen molar-refractivity contribution >= 4 is 11.0 Å². The molecule has 106 valence electrons. The number of nitrogens with zero attached hydrogens (tertiary/aromatic N) is 3. The van der Waals surface area contributed by atoms with E-state index >= 15 is 0 Å². The van der Waals surface area contributed by atoms with Crippen molar-refractivity contribution in [3.05, 3.63) is 52.6 Å². The van der Waals surface area contributed by atoms with E-state index < -0.39 is 0 Å². The molecule has 1 aromatic carbocycles. The molecule has 0 N–H and O–H groups in total. The molecule has 0 atom stereocenters. The van der Waals surface area contributed by atoms with Crippen molar-refractivity contribution in [1.82, 2.24) is 14.1 Å². The summed E-state index contributed by atoms with van der Waals surface area (Å²) in [6.07, 6.45) is 3.09. The van der Waals surface area contributed by atoms with Crippen LogP contribution in [0.15, 0.2) is 41.2 Å². The molecule has 21 heavy (non-hydrogen) atoms. The van der Waals surface area contributed by atoms with Gasteiger partial charge in [0.15, 0.2) is 0 Å². The van der Waals surface area contributed by atoms with Crippen molar-refractivity contribution in [3.8, 4) is 11.3 Å². The number of rotatable bonds is 1. The Hall–Kier alpha value is -2.36. The highest BCUT2D eigenvalue weighted by atomic mass is 16.1. The Morgan fingerprint density at radius 1 is 1.14 bits per heavy atom. The maximum Gasteiger partial charge on any atom is 0.263 e. The van der Waals surface area contributed by atoms with Crippen LogP contribution in [0.2, 0.25) is 0 Å². The predicted molar refractivity (Wildman–Crippen MR) is 83.3 cm³/mol. The zero-order valence-electron chi connectivity index (χ0n) is 12.0. The van der Waals surface area contributed by atoms with Crippen molar-refractivity contribution in [1.29, 1.82) is 0 Å². The molecule has 0 unspecified atom stereocenters. The molecular formula is C17H17N3O. The number of fused-ring (bicyclic) bond motifs is 2. The Balaban J connectivity index is 2.03. The summed E-state index contributed by atoms with van der Waals surface area (Å²) < 4.78 is 3.88. The highest BCUT2D eigenvalue weighted by Gasteiger charge is 2.18. The topological polar surface area (TPSA) is 39.8 Å². The molecule has 0 fully saturated rings. The van der Waals surface area contributed by atoms with Crippen LogP contribution in [-0.2, 0) is 20.0 Å². The van der Waals surface area contributed by atoms with Crippen molar-refractivity contribution in [2.24, 2.45) is 7.05 Å². The first kappa shape index (κ1) is 12.4. The zero-order valence-corrected chi connectivity index (χ0v) is 12.0. The Morgan fingerprint density at radius 2 is 1.95 bits per heavy atom. The van der Waals surface area contributed by atoms with E-state index in [2.05, 4.69) is 12.1 Å². The Morgan fingerprint density at radius 3 is 2.76 bits per heavy atom. The van der Waals surface area contributed by atoms with Gasteiger partial charge >= 0.3 is 0 Å². The van der Waals surface area contributed by atoms with Crippen molar-refractivity contribution in [2.45, 2.75) is 25.8 Å². The third-order valence-corrected chi connectivity index (χ3v) is 4.32. The summed E-state index contributed by atoms with van der Waals surface area (Å²) in [6, 6.07) is 12.1. The van der Waals surface area contributed by atoms with Crippen LogP contribution in [-0.4, -0.2) is 14.1 Å². The largest absolute Gasteiger partial charge is 0.328 e. The monoisotopic (exact) mass is 279 g/mol. The van der Waals surface area contributed by atoms with Gasteiger partial charge in [0.1, 0.15) is 11.5 Å². The molecule has 0 spiro atoms. The molecule has 2 aromatic heterocycles. The average molecular weight is 279 g/mol. The van der Waals surface area contributed by atoms with Crippen LogP contribution in [0.1, 0.15) is 18.7 Å². The van der Waals surface area contributed by atoms with E-state index in [1.165, 1.54) is 0 Å². The fourth-order valence-corrected chi connectivity index (χ4v) is 3.19. The quantitative estimate of drug-likeness (QED) is 0.687. The molecule has 0 saturated carbocycles. The van der Waals surface area contributed by atoms with Crippen LogP contribution in [0.5, 0.6) is 0 Å². The summed E-state index contributed by atoms with van der Waals surface area (Å²) in [7, 11) is 1.98.